The van der Waals surface area contributed by atoms with Gasteiger partial charge in [0.05, 0.1) is 24.1 Å². The van der Waals surface area contributed by atoms with E-state index in [1.165, 1.54) is 0 Å². The summed E-state index contributed by atoms with van der Waals surface area (Å²) in [5.74, 6) is -2.25. The van der Waals surface area contributed by atoms with Crippen molar-refractivity contribution in [3.8, 4) is 18.2 Å². The minimum Gasteiger partial charge on any atom is -0.448 e. The van der Waals surface area contributed by atoms with Crippen molar-refractivity contribution in [2.24, 2.45) is 16.7 Å². The second-order valence-electron chi connectivity index (χ2n) is 6.47. The van der Waals surface area contributed by atoms with Crippen LogP contribution in [0, 0.1) is 63.1 Å². The van der Waals surface area contributed by atoms with Gasteiger partial charge in [-0.15, -0.1) is 0 Å². The average Bonchev–Trinajstić information content (AvgIpc) is 2.71. The topological polar surface area (TPSA) is 114 Å². The summed E-state index contributed by atoms with van der Waals surface area (Å²) in [5, 5.41) is 38.0. The largest absolute Gasteiger partial charge is 0.448 e. The third kappa shape index (κ3) is 1.53. The fourth-order valence-corrected chi connectivity index (χ4v) is 3.87. The molecule has 2 fully saturated rings. The van der Waals surface area contributed by atoms with Gasteiger partial charge in [-0.05, 0) is 18.1 Å². The van der Waals surface area contributed by atoms with Crippen molar-refractivity contribution in [2.45, 2.75) is 32.7 Å². The maximum absolute atomic E-state index is 9.94. The second-order valence-corrected chi connectivity index (χ2v) is 6.47. The predicted molar refractivity (Wildman–Crippen MR) is 83.1 cm³/mol. The van der Waals surface area contributed by atoms with Gasteiger partial charge in [-0.25, -0.2) is 0 Å². The molecule has 120 valence electrons. The first kappa shape index (κ1) is 16.0. The highest BCUT2D eigenvalue weighted by atomic mass is 16.7. The first-order chi connectivity index (χ1) is 11.3. The van der Waals surface area contributed by atoms with Gasteiger partial charge >= 0.3 is 0 Å². The molecular weight excluding hydrogens is 304 g/mol. The Morgan fingerprint density at radius 1 is 1.12 bits per heavy atom. The lowest BCUT2D eigenvalue weighted by Gasteiger charge is -2.47. The van der Waals surface area contributed by atoms with Crippen LogP contribution in [0.4, 0.5) is 0 Å². The van der Waals surface area contributed by atoms with E-state index in [9.17, 15) is 15.8 Å². The van der Waals surface area contributed by atoms with Crippen molar-refractivity contribution in [1.29, 1.82) is 21.2 Å². The Kier molecular flexibility index (Phi) is 3.20. The average molecular weight is 320 g/mol. The number of rotatable bonds is 1. The fourth-order valence-electron chi connectivity index (χ4n) is 3.87. The van der Waals surface area contributed by atoms with Crippen molar-refractivity contribution in [3.05, 3.63) is 35.4 Å². The van der Waals surface area contributed by atoms with Crippen LogP contribution in [0.3, 0.4) is 0 Å². The summed E-state index contributed by atoms with van der Waals surface area (Å²) >= 11 is 0. The number of hydrogen-bond acceptors (Lipinski definition) is 6. The molecule has 0 aromatic heterocycles. The molecule has 0 spiro atoms. The monoisotopic (exact) mass is 320 g/mol. The smallest absolute Gasteiger partial charge is 0.214 e. The molecule has 0 amide bonds. The highest BCUT2D eigenvalue weighted by molar-refractivity contribution is 5.89. The Balaban J connectivity index is 2.36. The van der Waals surface area contributed by atoms with Gasteiger partial charge in [0.1, 0.15) is 6.10 Å². The van der Waals surface area contributed by atoms with Gasteiger partial charge in [-0.3, -0.25) is 5.41 Å². The first-order valence-corrected chi connectivity index (χ1v) is 7.58. The van der Waals surface area contributed by atoms with E-state index in [1.807, 2.05) is 31.2 Å². The minimum atomic E-state index is -1.87. The third-order valence-corrected chi connectivity index (χ3v) is 5.47. The van der Waals surface area contributed by atoms with Crippen molar-refractivity contribution in [3.63, 3.8) is 0 Å². The van der Waals surface area contributed by atoms with Crippen LogP contribution in [0.25, 0.3) is 0 Å². The molecule has 3 rings (SSSR count). The molecule has 2 heterocycles. The molecule has 1 aromatic rings. The van der Waals surface area contributed by atoms with E-state index in [1.54, 1.807) is 26.0 Å². The van der Waals surface area contributed by atoms with E-state index >= 15 is 0 Å². The van der Waals surface area contributed by atoms with Crippen LogP contribution < -0.4 is 0 Å². The molecule has 2 aliphatic rings. The van der Waals surface area contributed by atoms with Crippen LogP contribution in [0.15, 0.2) is 24.3 Å². The molecule has 0 aliphatic carbocycles. The normalized spacial score (nSPS) is 36.1. The van der Waals surface area contributed by atoms with Gasteiger partial charge in [0.25, 0.3) is 0 Å². The van der Waals surface area contributed by atoms with Crippen molar-refractivity contribution >= 4 is 5.90 Å². The number of nitrogens with one attached hydrogen (secondary N) is 1. The Labute approximate surface area is 140 Å². The maximum Gasteiger partial charge on any atom is 0.214 e. The van der Waals surface area contributed by atoms with E-state index in [2.05, 4.69) is 6.07 Å². The highest BCUT2D eigenvalue weighted by Crippen LogP contribution is 2.66. The number of fused-ring (bicyclic) bond motifs is 2. The molecule has 4 unspecified atom stereocenters. The summed E-state index contributed by atoms with van der Waals surface area (Å²) in [6, 6.07) is 13.4. The SMILES string of the molecule is Cc1ccccc1C1OC2(C)OC(=N)C(C#N)(C2C)C1(C#N)C#N. The molecule has 2 bridgehead atoms. The van der Waals surface area contributed by atoms with E-state index < -0.39 is 28.6 Å². The maximum atomic E-state index is 9.94. The number of nitriles is 3. The number of nitrogens with zero attached hydrogens (tertiary/aromatic N) is 3. The van der Waals surface area contributed by atoms with Crippen LogP contribution in [-0.4, -0.2) is 11.7 Å². The Hall–Kier alpha value is -2.88. The Bertz CT molecular complexity index is 845. The predicted octanol–water partition coefficient (Wildman–Crippen LogP) is 2.97. The van der Waals surface area contributed by atoms with E-state index in [0.717, 1.165) is 5.56 Å². The minimum absolute atomic E-state index is 0.376. The molecule has 2 aliphatic heterocycles. The van der Waals surface area contributed by atoms with Crippen LogP contribution in [-0.2, 0) is 9.47 Å². The molecule has 6 heteroatoms. The summed E-state index contributed by atoms with van der Waals surface area (Å²) in [6.45, 7) is 5.18. The number of hydrogen-bond donors (Lipinski definition) is 1. The highest BCUT2D eigenvalue weighted by Gasteiger charge is 2.78. The standard InChI is InChI=1S/C18H16N4O2/c1-11-6-4-5-7-13(11)14-17(8-19,9-20)18(10-21)12(2)16(3,23-14)24-15(18)22/h4-7,12,14,22H,1-3H3. The van der Waals surface area contributed by atoms with E-state index in [0.29, 0.717) is 5.56 Å². The lowest BCUT2D eigenvalue weighted by molar-refractivity contribution is -0.269. The van der Waals surface area contributed by atoms with Gasteiger partial charge < -0.3 is 9.47 Å². The molecule has 2 saturated heterocycles. The summed E-state index contributed by atoms with van der Waals surface area (Å²) in [7, 11) is 0. The second kappa shape index (κ2) is 4.81. The van der Waals surface area contributed by atoms with Crippen LogP contribution in [0.2, 0.25) is 0 Å². The van der Waals surface area contributed by atoms with Gasteiger partial charge in [0, 0.05) is 6.92 Å². The third-order valence-electron chi connectivity index (χ3n) is 5.47. The summed E-state index contributed by atoms with van der Waals surface area (Å²) < 4.78 is 11.6. The number of aryl methyl sites for hydroxylation is 1. The van der Waals surface area contributed by atoms with Crippen LogP contribution in [0.1, 0.15) is 31.1 Å². The Morgan fingerprint density at radius 2 is 1.75 bits per heavy atom. The number of ether oxygens (including phenoxy) is 2. The van der Waals surface area contributed by atoms with Gasteiger partial charge in [-0.2, -0.15) is 15.8 Å². The van der Waals surface area contributed by atoms with Gasteiger partial charge in [0.2, 0.25) is 17.1 Å². The molecule has 0 saturated carbocycles. The summed E-state index contributed by atoms with van der Waals surface area (Å²) in [6.07, 6.45) is -0.989. The lowest BCUT2D eigenvalue weighted by atomic mass is 9.54. The molecule has 6 nitrogen and oxygen atoms in total. The van der Waals surface area contributed by atoms with Crippen molar-refractivity contribution < 1.29 is 9.47 Å². The van der Waals surface area contributed by atoms with Gasteiger partial charge in [-0.1, -0.05) is 31.2 Å². The van der Waals surface area contributed by atoms with Crippen LogP contribution in [0.5, 0.6) is 0 Å². The first-order valence-electron chi connectivity index (χ1n) is 7.58. The van der Waals surface area contributed by atoms with Crippen LogP contribution >= 0.6 is 0 Å². The molecule has 0 radical (unpaired) electrons. The Morgan fingerprint density at radius 3 is 2.29 bits per heavy atom. The molecule has 4 atom stereocenters. The van der Waals surface area contributed by atoms with E-state index in [-0.39, 0.29) is 5.90 Å². The molecular formula is C18H16N4O2. The summed E-state index contributed by atoms with van der Waals surface area (Å²) in [5.41, 5.74) is -2.07. The molecule has 1 aromatic carbocycles. The molecule has 24 heavy (non-hydrogen) atoms. The molecule has 1 N–H and O–H groups in total. The van der Waals surface area contributed by atoms with Gasteiger partial charge in [0.15, 0.2) is 5.41 Å². The zero-order valence-electron chi connectivity index (χ0n) is 13.6. The van der Waals surface area contributed by atoms with Crippen molar-refractivity contribution in [1.82, 2.24) is 0 Å². The van der Waals surface area contributed by atoms with E-state index in [4.69, 9.17) is 14.9 Å². The lowest BCUT2D eigenvalue weighted by Crippen LogP contribution is -2.57. The number of benzene rings is 1. The fraction of sp³-hybridized carbons (Fsp3) is 0.444. The van der Waals surface area contributed by atoms with Crippen molar-refractivity contribution in [2.75, 3.05) is 0 Å². The quantitative estimate of drug-likeness (QED) is 0.854. The zero-order valence-corrected chi connectivity index (χ0v) is 13.6. The summed E-state index contributed by atoms with van der Waals surface area (Å²) in [4.78, 5) is 0. The zero-order chi connectivity index (χ0) is 17.8.